The molecule has 2 rings (SSSR count). The standard InChI is InChI=1S/C24H46N2O/c1-5-21(4)24(27)22-11-13-23(14-12-22)26-18-16-25(17-19-26)15-9-7-6-8-10-20(2)3/h20-23H,5-19H2,1-4H3. The highest BCUT2D eigenvalue weighted by molar-refractivity contribution is 5.83. The second-order valence-electron chi connectivity index (χ2n) is 9.69. The summed E-state index contributed by atoms with van der Waals surface area (Å²) in [6.07, 6.45) is 12.7. The van der Waals surface area contributed by atoms with E-state index in [1.165, 1.54) is 77.7 Å². The van der Waals surface area contributed by atoms with Crippen LogP contribution in [0.5, 0.6) is 0 Å². The van der Waals surface area contributed by atoms with Gasteiger partial charge in [-0.25, -0.2) is 0 Å². The Kier molecular flexibility index (Phi) is 10.3. The molecule has 0 aromatic heterocycles. The molecule has 0 amide bonds. The van der Waals surface area contributed by atoms with Gasteiger partial charge in [-0.15, -0.1) is 0 Å². The Bertz CT molecular complexity index is 407. The van der Waals surface area contributed by atoms with Crippen molar-refractivity contribution in [2.75, 3.05) is 32.7 Å². The topological polar surface area (TPSA) is 23.6 Å². The zero-order valence-electron chi connectivity index (χ0n) is 18.7. The van der Waals surface area contributed by atoms with E-state index < -0.39 is 0 Å². The molecule has 3 heteroatoms. The highest BCUT2D eigenvalue weighted by atomic mass is 16.1. The minimum absolute atomic E-state index is 0.264. The zero-order valence-corrected chi connectivity index (χ0v) is 18.7. The first-order chi connectivity index (χ1) is 13.0. The number of unbranched alkanes of at least 4 members (excludes halogenated alkanes) is 3. The van der Waals surface area contributed by atoms with E-state index in [1.807, 2.05) is 0 Å². The minimum atomic E-state index is 0.264. The molecule has 1 saturated carbocycles. The summed E-state index contributed by atoms with van der Waals surface area (Å²) in [6.45, 7) is 15.2. The monoisotopic (exact) mass is 378 g/mol. The molecule has 3 nitrogen and oxygen atoms in total. The average molecular weight is 379 g/mol. The van der Waals surface area contributed by atoms with Crippen LogP contribution in [0.15, 0.2) is 0 Å². The molecule has 1 atom stereocenters. The third-order valence-electron chi connectivity index (χ3n) is 7.13. The van der Waals surface area contributed by atoms with E-state index >= 15 is 0 Å². The van der Waals surface area contributed by atoms with Crippen LogP contribution in [-0.4, -0.2) is 54.3 Å². The van der Waals surface area contributed by atoms with Crippen LogP contribution in [0.3, 0.4) is 0 Å². The van der Waals surface area contributed by atoms with Gasteiger partial charge in [-0.3, -0.25) is 9.69 Å². The van der Waals surface area contributed by atoms with Gasteiger partial charge in [0.1, 0.15) is 5.78 Å². The predicted molar refractivity (Wildman–Crippen MR) is 116 cm³/mol. The molecule has 0 radical (unpaired) electrons. The Morgan fingerprint density at radius 3 is 2.11 bits per heavy atom. The normalized spacial score (nSPS) is 26.4. The fourth-order valence-corrected chi connectivity index (χ4v) is 4.92. The number of carbonyl (C=O) groups excluding carboxylic acids is 1. The van der Waals surface area contributed by atoms with Gasteiger partial charge in [0.05, 0.1) is 0 Å². The fraction of sp³-hybridized carbons (Fsp3) is 0.958. The van der Waals surface area contributed by atoms with E-state index in [1.54, 1.807) is 0 Å². The van der Waals surface area contributed by atoms with Crippen molar-refractivity contribution in [1.82, 2.24) is 9.80 Å². The van der Waals surface area contributed by atoms with Crippen molar-refractivity contribution in [3.8, 4) is 0 Å². The Balaban J connectivity index is 1.56. The van der Waals surface area contributed by atoms with Crippen molar-refractivity contribution in [2.24, 2.45) is 17.8 Å². The molecule has 0 bridgehead atoms. The van der Waals surface area contributed by atoms with Gasteiger partial charge in [0.15, 0.2) is 0 Å². The van der Waals surface area contributed by atoms with Crippen LogP contribution in [0.1, 0.15) is 91.9 Å². The van der Waals surface area contributed by atoms with E-state index in [-0.39, 0.29) is 5.92 Å². The zero-order chi connectivity index (χ0) is 19.6. The first-order valence-corrected chi connectivity index (χ1v) is 12.0. The van der Waals surface area contributed by atoms with Gasteiger partial charge >= 0.3 is 0 Å². The Morgan fingerprint density at radius 2 is 1.52 bits per heavy atom. The molecule has 2 fully saturated rings. The predicted octanol–water partition coefficient (Wildman–Crippen LogP) is 5.38. The van der Waals surface area contributed by atoms with Gasteiger partial charge in [-0.2, -0.15) is 0 Å². The summed E-state index contributed by atoms with van der Waals surface area (Å²) < 4.78 is 0. The van der Waals surface area contributed by atoms with Gasteiger partial charge in [-0.05, 0) is 51.0 Å². The Hall–Kier alpha value is -0.410. The van der Waals surface area contributed by atoms with Crippen LogP contribution >= 0.6 is 0 Å². The third-order valence-corrected chi connectivity index (χ3v) is 7.13. The summed E-state index contributed by atoms with van der Waals surface area (Å²) in [5, 5.41) is 0. The number of piperazine rings is 1. The van der Waals surface area contributed by atoms with Crippen molar-refractivity contribution in [2.45, 2.75) is 97.9 Å². The van der Waals surface area contributed by atoms with Crippen LogP contribution in [0.2, 0.25) is 0 Å². The number of nitrogens with zero attached hydrogens (tertiary/aromatic N) is 2. The van der Waals surface area contributed by atoms with E-state index in [2.05, 4.69) is 37.5 Å². The Labute approximate surface area is 169 Å². The van der Waals surface area contributed by atoms with Crippen molar-refractivity contribution in [1.29, 1.82) is 0 Å². The SMILES string of the molecule is CCC(C)C(=O)C1CCC(N2CCN(CCCCCCC(C)C)CC2)CC1. The molecule has 1 aliphatic carbocycles. The van der Waals surface area contributed by atoms with Crippen LogP contribution in [-0.2, 0) is 4.79 Å². The lowest BCUT2D eigenvalue weighted by molar-refractivity contribution is -0.127. The van der Waals surface area contributed by atoms with Crippen molar-refractivity contribution in [3.63, 3.8) is 0 Å². The van der Waals surface area contributed by atoms with Crippen molar-refractivity contribution in [3.05, 3.63) is 0 Å². The molecule has 1 unspecified atom stereocenters. The second kappa shape index (κ2) is 12.2. The summed E-state index contributed by atoms with van der Waals surface area (Å²) in [6, 6.07) is 0.740. The molecule has 158 valence electrons. The minimum Gasteiger partial charge on any atom is -0.301 e. The molecule has 1 heterocycles. The van der Waals surface area contributed by atoms with Gasteiger partial charge in [-0.1, -0.05) is 53.4 Å². The van der Waals surface area contributed by atoms with Crippen LogP contribution in [0, 0.1) is 17.8 Å². The first kappa shape index (κ1) is 22.9. The molecule has 2 aliphatic rings. The molecule has 0 N–H and O–H groups in total. The maximum Gasteiger partial charge on any atom is 0.138 e. The Morgan fingerprint density at radius 1 is 0.889 bits per heavy atom. The van der Waals surface area contributed by atoms with E-state index in [9.17, 15) is 4.79 Å². The molecular formula is C24H46N2O. The summed E-state index contributed by atoms with van der Waals surface area (Å²) in [5.74, 6) is 2.02. The molecule has 27 heavy (non-hydrogen) atoms. The molecule has 0 aromatic carbocycles. The van der Waals surface area contributed by atoms with Crippen LogP contribution < -0.4 is 0 Å². The van der Waals surface area contributed by atoms with Gasteiger partial charge < -0.3 is 4.90 Å². The fourth-order valence-electron chi connectivity index (χ4n) is 4.92. The number of rotatable bonds is 11. The number of ketones is 1. The van der Waals surface area contributed by atoms with Crippen LogP contribution in [0.4, 0.5) is 0 Å². The number of hydrogen-bond donors (Lipinski definition) is 0. The number of Topliss-reactive ketones (excluding diaryl/α,β-unsaturated/α-hetero) is 1. The van der Waals surface area contributed by atoms with E-state index in [0.717, 1.165) is 31.2 Å². The first-order valence-electron chi connectivity index (χ1n) is 12.0. The van der Waals surface area contributed by atoms with Gasteiger partial charge in [0, 0.05) is 44.1 Å². The van der Waals surface area contributed by atoms with Crippen LogP contribution in [0.25, 0.3) is 0 Å². The quantitative estimate of drug-likeness (QED) is 0.451. The maximum atomic E-state index is 12.4. The summed E-state index contributed by atoms with van der Waals surface area (Å²) in [4.78, 5) is 17.8. The molecule has 0 aromatic rings. The second-order valence-corrected chi connectivity index (χ2v) is 9.69. The highest BCUT2D eigenvalue weighted by Crippen LogP contribution is 2.31. The average Bonchev–Trinajstić information content (AvgIpc) is 2.70. The lowest BCUT2D eigenvalue weighted by Crippen LogP contribution is -2.51. The lowest BCUT2D eigenvalue weighted by atomic mass is 9.79. The number of hydrogen-bond acceptors (Lipinski definition) is 3. The van der Waals surface area contributed by atoms with Gasteiger partial charge in [0.25, 0.3) is 0 Å². The van der Waals surface area contributed by atoms with E-state index in [0.29, 0.717) is 11.7 Å². The molecular weight excluding hydrogens is 332 g/mol. The third kappa shape index (κ3) is 7.85. The molecule has 0 spiro atoms. The van der Waals surface area contributed by atoms with Gasteiger partial charge in [0.2, 0.25) is 0 Å². The summed E-state index contributed by atoms with van der Waals surface area (Å²) >= 11 is 0. The smallest absolute Gasteiger partial charge is 0.138 e. The summed E-state index contributed by atoms with van der Waals surface area (Å²) in [7, 11) is 0. The lowest BCUT2D eigenvalue weighted by Gasteiger charge is -2.42. The highest BCUT2D eigenvalue weighted by Gasteiger charge is 2.32. The summed E-state index contributed by atoms with van der Waals surface area (Å²) in [5.41, 5.74) is 0. The largest absolute Gasteiger partial charge is 0.301 e. The van der Waals surface area contributed by atoms with Crippen molar-refractivity contribution >= 4 is 5.78 Å². The molecule has 1 saturated heterocycles. The van der Waals surface area contributed by atoms with Crippen molar-refractivity contribution < 1.29 is 4.79 Å². The number of carbonyl (C=O) groups is 1. The van der Waals surface area contributed by atoms with E-state index in [4.69, 9.17) is 0 Å². The molecule has 1 aliphatic heterocycles. The maximum absolute atomic E-state index is 12.4.